The van der Waals surface area contributed by atoms with E-state index < -0.39 is 5.91 Å². The Balaban J connectivity index is 1.33. The van der Waals surface area contributed by atoms with Gasteiger partial charge in [-0.2, -0.15) is 0 Å². The van der Waals surface area contributed by atoms with Gasteiger partial charge in [-0.25, -0.2) is 0 Å². The van der Waals surface area contributed by atoms with E-state index in [1.807, 2.05) is 48.5 Å². The number of carbonyl (C=O) groups excluding carboxylic acids is 2. The van der Waals surface area contributed by atoms with E-state index in [2.05, 4.69) is 15.8 Å². The molecule has 170 valence electrons. The number of ether oxygens (including phenoxy) is 2. The molecule has 1 aliphatic heterocycles. The van der Waals surface area contributed by atoms with Crippen LogP contribution in [0.1, 0.15) is 32.0 Å². The Morgan fingerprint density at radius 1 is 0.912 bits per heavy atom. The first-order valence-electron chi connectivity index (χ1n) is 10.7. The van der Waals surface area contributed by atoms with E-state index in [4.69, 9.17) is 14.0 Å². The summed E-state index contributed by atoms with van der Waals surface area (Å²) >= 11 is 0. The van der Waals surface area contributed by atoms with Crippen LogP contribution in [0.25, 0.3) is 11.3 Å². The molecule has 0 atom stereocenters. The van der Waals surface area contributed by atoms with Crippen LogP contribution in [0.15, 0.2) is 77.3 Å². The molecule has 0 bridgehead atoms. The van der Waals surface area contributed by atoms with E-state index in [0.717, 1.165) is 11.1 Å². The van der Waals surface area contributed by atoms with E-state index in [0.29, 0.717) is 46.3 Å². The van der Waals surface area contributed by atoms with E-state index in [9.17, 15) is 9.59 Å². The molecule has 8 nitrogen and oxygen atoms in total. The van der Waals surface area contributed by atoms with Crippen LogP contribution in [0, 0.1) is 6.92 Å². The fourth-order valence-electron chi connectivity index (χ4n) is 3.74. The maximum absolute atomic E-state index is 13.2. The molecule has 0 radical (unpaired) electrons. The van der Waals surface area contributed by atoms with Crippen molar-refractivity contribution in [3.05, 3.63) is 95.2 Å². The molecule has 2 amide bonds. The molecule has 2 N–H and O–H groups in total. The zero-order valence-corrected chi connectivity index (χ0v) is 18.3. The first kappa shape index (κ1) is 21.3. The molecule has 3 aromatic carbocycles. The number of nitrogens with one attached hydrogen (secondary N) is 2. The zero-order valence-electron chi connectivity index (χ0n) is 18.3. The Morgan fingerprint density at radius 2 is 1.68 bits per heavy atom. The van der Waals surface area contributed by atoms with Gasteiger partial charge in [-0.1, -0.05) is 53.7 Å². The quantitative estimate of drug-likeness (QED) is 0.442. The van der Waals surface area contributed by atoms with Gasteiger partial charge in [-0.05, 0) is 36.8 Å². The Morgan fingerprint density at radius 3 is 2.53 bits per heavy atom. The topological polar surface area (TPSA) is 103 Å². The van der Waals surface area contributed by atoms with E-state index in [1.165, 1.54) is 0 Å². The summed E-state index contributed by atoms with van der Waals surface area (Å²) in [5, 5.41) is 9.79. The van der Waals surface area contributed by atoms with Gasteiger partial charge in [0.15, 0.2) is 11.5 Å². The highest BCUT2D eigenvalue weighted by atomic mass is 16.7. The SMILES string of the molecule is Cc1onc(-c2ccccc2)c1C(=O)Nc1ccccc1C(=O)NCc1ccc2c(c1)OCO2. The van der Waals surface area contributed by atoms with Crippen molar-refractivity contribution in [2.45, 2.75) is 13.5 Å². The third-order valence-electron chi connectivity index (χ3n) is 5.45. The van der Waals surface area contributed by atoms with E-state index in [1.54, 1.807) is 31.2 Å². The smallest absolute Gasteiger partial charge is 0.261 e. The molecule has 0 fully saturated rings. The van der Waals surface area contributed by atoms with Crippen LogP contribution in [-0.4, -0.2) is 23.8 Å². The van der Waals surface area contributed by atoms with Crippen molar-refractivity contribution in [1.29, 1.82) is 0 Å². The molecule has 0 saturated heterocycles. The highest BCUT2D eigenvalue weighted by Gasteiger charge is 2.23. The Bertz CT molecular complexity index is 1360. The number of rotatable bonds is 6. The number of benzene rings is 3. The second-order valence-corrected chi connectivity index (χ2v) is 7.70. The fourth-order valence-corrected chi connectivity index (χ4v) is 3.74. The van der Waals surface area contributed by atoms with Gasteiger partial charge < -0.3 is 24.6 Å². The molecule has 0 spiro atoms. The van der Waals surface area contributed by atoms with Gasteiger partial charge in [0.05, 0.1) is 11.3 Å². The summed E-state index contributed by atoms with van der Waals surface area (Å²) < 4.78 is 16.0. The maximum atomic E-state index is 13.2. The molecule has 8 heteroatoms. The summed E-state index contributed by atoms with van der Waals surface area (Å²) in [4.78, 5) is 26.1. The summed E-state index contributed by atoms with van der Waals surface area (Å²) in [7, 11) is 0. The van der Waals surface area contributed by atoms with Crippen LogP contribution in [0.3, 0.4) is 0 Å². The van der Waals surface area contributed by atoms with Crippen LogP contribution in [0.4, 0.5) is 5.69 Å². The van der Waals surface area contributed by atoms with Crippen molar-refractivity contribution in [2.24, 2.45) is 0 Å². The number of amides is 2. The third-order valence-corrected chi connectivity index (χ3v) is 5.45. The summed E-state index contributed by atoms with van der Waals surface area (Å²) in [6.45, 7) is 2.16. The maximum Gasteiger partial charge on any atom is 0.261 e. The van der Waals surface area contributed by atoms with E-state index in [-0.39, 0.29) is 12.7 Å². The lowest BCUT2D eigenvalue weighted by Crippen LogP contribution is -2.25. The highest BCUT2D eigenvalue weighted by Crippen LogP contribution is 2.32. The number of fused-ring (bicyclic) bond motifs is 1. The zero-order chi connectivity index (χ0) is 23.5. The minimum Gasteiger partial charge on any atom is -0.454 e. The average molecular weight is 455 g/mol. The number of para-hydroxylation sites is 1. The number of aromatic nitrogens is 1. The molecule has 4 aromatic rings. The van der Waals surface area contributed by atoms with Crippen molar-refractivity contribution in [1.82, 2.24) is 10.5 Å². The van der Waals surface area contributed by atoms with Crippen LogP contribution < -0.4 is 20.1 Å². The molecule has 0 aliphatic carbocycles. The van der Waals surface area contributed by atoms with Crippen molar-refractivity contribution in [3.63, 3.8) is 0 Å². The predicted molar refractivity (Wildman–Crippen MR) is 125 cm³/mol. The Hall–Kier alpha value is -4.59. The fraction of sp³-hybridized carbons (Fsp3) is 0.115. The third kappa shape index (κ3) is 4.21. The van der Waals surface area contributed by atoms with Crippen molar-refractivity contribution < 1.29 is 23.6 Å². The largest absolute Gasteiger partial charge is 0.454 e. The van der Waals surface area contributed by atoms with Gasteiger partial charge in [-0.3, -0.25) is 9.59 Å². The van der Waals surface area contributed by atoms with E-state index >= 15 is 0 Å². The molecular weight excluding hydrogens is 434 g/mol. The van der Waals surface area contributed by atoms with Gasteiger partial charge in [0.1, 0.15) is 17.0 Å². The van der Waals surface area contributed by atoms with Crippen molar-refractivity contribution in [2.75, 3.05) is 12.1 Å². The predicted octanol–water partition coefficient (Wildman–Crippen LogP) is 4.56. The Kier molecular flexibility index (Phi) is 5.70. The van der Waals surface area contributed by atoms with Crippen LogP contribution >= 0.6 is 0 Å². The molecular formula is C26H21N3O5. The second kappa shape index (κ2) is 9.11. The minimum atomic E-state index is -0.409. The normalized spacial score (nSPS) is 11.8. The summed E-state index contributed by atoms with van der Waals surface area (Å²) in [6, 6.07) is 21.6. The van der Waals surface area contributed by atoms with Gasteiger partial charge in [-0.15, -0.1) is 0 Å². The van der Waals surface area contributed by atoms with Gasteiger partial charge in [0.2, 0.25) is 6.79 Å². The lowest BCUT2D eigenvalue weighted by molar-refractivity contribution is 0.0951. The van der Waals surface area contributed by atoms with Crippen LogP contribution in [0.5, 0.6) is 11.5 Å². The van der Waals surface area contributed by atoms with Crippen LogP contribution in [-0.2, 0) is 6.54 Å². The second-order valence-electron chi connectivity index (χ2n) is 7.70. The van der Waals surface area contributed by atoms with Gasteiger partial charge in [0.25, 0.3) is 11.8 Å². The molecule has 1 aromatic heterocycles. The highest BCUT2D eigenvalue weighted by molar-refractivity contribution is 6.11. The minimum absolute atomic E-state index is 0.190. The molecule has 2 heterocycles. The first-order valence-corrected chi connectivity index (χ1v) is 10.7. The number of hydrogen-bond acceptors (Lipinski definition) is 6. The molecule has 34 heavy (non-hydrogen) atoms. The lowest BCUT2D eigenvalue weighted by Gasteiger charge is -2.12. The standard InChI is InChI=1S/C26H21N3O5/c1-16-23(24(29-34-16)18-7-3-2-4-8-18)26(31)28-20-10-6-5-9-19(20)25(30)27-14-17-11-12-21-22(13-17)33-15-32-21/h2-13H,14-15H2,1H3,(H,27,30)(H,28,31). The van der Waals surface area contributed by atoms with Crippen molar-refractivity contribution >= 4 is 17.5 Å². The molecule has 5 rings (SSSR count). The summed E-state index contributed by atoms with van der Waals surface area (Å²) in [5.74, 6) is 0.994. The number of aryl methyl sites for hydroxylation is 1. The monoisotopic (exact) mass is 455 g/mol. The molecule has 0 saturated carbocycles. The van der Waals surface area contributed by atoms with Crippen LogP contribution in [0.2, 0.25) is 0 Å². The number of anilines is 1. The molecule has 1 aliphatic rings. The Labute approximate surface area is 195 Å². The first-order chi connectivity index (χ1) is 16.6. The number of hydrogen-bond donors (Lipinski definition) is 2. The van der Waals surface area contributed by atoms with Crippen molar-refractivity contribution in [3.8, 4) is 22.8 Å². The van der Waals surface area contributed by atoms with Gasteiger partial charge >= 0.3 is 0 Å². The molecule has 0 unspecified atom stereocenters. The average Bonchev–Trinajstić information content (AvgIpc) is 3.49. The number of carbonyl (C=O) groups is 2. The lowest BCUT2D eigenvalue weighted by atomic mass is 10.1. The number of nitrogens with zero attached hydrogens (tertiary/aromatic N) is 1. The summed E-state index contributed by atoms with van der Waals surface area (Å²) in [6.07, 6.45) is 0. The van der Waals surface area contributed by atoms with Gasteiger partial charge in [0, 0.05) is 12.1 Å². The summed E-state index contributed by atoms with van der Waals surface area (Å²) in [5.41, 5.74) is 3.12.